The standard InChI is InChI=1S/C14H16N2O4/c1-3-20-13(18)12(17)10-5-4-6-11(9-10)16-8-7-15(2)14(16)19/h4-9,12,17H,3H2,1-2H3. The van der Waals surface area contributed by atoms with Crippen molar-refractivity contribution in [3.63, 3.8) is 0 Å². The molecule has 1 aromatic heterocycles. The van der Waals surface area contributed by atoms with Crippen LogP contribution in [0.1, 0.15) is 18.6 Å². The highest BCUT2D eigenvalue weighted by molar-refractivity contribution is 5.76. The fourth-order valence-corrected chi connectivity index (χ4v) is 1.86. The van der Waals surface area contributed by atoms with Gasteiger partial charge in [0.05, 0.1) is 12.3 Å². The van der Waals surface area contributed by atoms with E-state index in [4.69, 9.17) is 4.74 Å². The third kappa shape index (κ3) is 2.65. The monoisotopic (exact) mass is 276 g/mol. The zero-order valence-electron chi connectivity index (χ0n) is 11.3. The topological polar surface area (TPSA) is 73.5 Å². The van der Waals surface area contributed by atoms with E-state index < -0.39 is 12.1 Å². The van der Waals surface area contributed by atoms with Crippen molar-refractivity contribution < 1.29 is 14.6 Å². The maximum atomic E-state index is 11.9. The Kier molecular flexibility index (Phi) is 4.05. The van der Waals surface area contributed by atoms with E-state index in [0.29, 0.717) is 11.3 Å². The molecule has 0 aliphatic carbocycles. The number of aromatic nitrogens is 2. The van der Waals surface area contributed by atoms with Crippen LogP contribution in [-0.2, 0) is 16.6 Å². The molecular formula is C14H16N2O4. The third-order valence-corrected chi connectivity index (χ3v) is 2.92. The fourth-order valence-electron chi connectivity index (χ4n) is 1.86. The first-order valence-electron chi connectivity index (χ1n) is 6.23. The number of carbonyl (C=O) groups is 1. The number of aryl methyl sites for hydroxylation is 1. The largest absolute Gasteiger partial charge is 0.464 e. The zero-order valence-corrected chi connectivity index (χ0v) is 11.3. The highest BCUT2D eigenvalue weighted by atomic mass is 16.5. The van der Waals surface area contributed by atoms with Gasteiger partial charge >= 0.3 is 11.7 Å². The molecule has 106 valence electrons. The van der Waals surface area contributed by atoms with Crippen LogP contribution >= 0.6 is 0 Å². The van der Waals surface area contributed by atoms with Crippen LogP contribution in [0.5, 0.6) is 0 Å². The number of aliphatic hydroxyl groups excluding tert-OH is 1. The van der Waals surface area contributed by atoms with Crippen molar-refractivity contribution in [2.24, 2.45) is 7.05 Å². The highest BCUT2D eigenvalue weighted by Crippen LogP contribution is 2.17. The van der Waals surface area contributed by atoms with E-state index in [0.717, 1.165) is 0 Å². The molecule has 2 aromatic rings. The van der Waals surface area contributed by atoms with Crippen LogP contribution < -0.4 is 5.69 Å². The minimum atomic E-state index is -1.35. The van der Waals surface area contributed by atoms with Crippen molar-refractivity contribution >= 4 is 5.97 Å². The number of benzene rings is 1. The maximum absolute atomic E-state index is 11.9. The Morgan fingerprint density at radius 2 is 2.15 bits per heavy atom. The number of rotatable bonds is 4. The van der Waals surface area contributed by atoms with Gasteiger partial charge in [0.25, 0.3) is 0 Å². The van der Waals surface area contributed by atoms with Gasteiger partial charge in [0.2, 0.25) is 0 Å². The molecule has 0 aliphatic heterocycles. The lowest BCUT2D eigenvalue weighted by molar-refractivity contribution is -0.153. The summed E-state index contributed by atoms with van der Waals surface area (Å²) < 4.78 is 7.64. The number of imidazole rings is 1. The molecule has 6 heteroatoms. The summed E-state index contributed by atoms with van der Waals surface area (Å²) in [6, 6.07) is 6.59. The van der Waals surface area contributed by atoms with Gasteiger partial charge < -0.3 is 14.4 Å². The summed E-state index contributed by atoms with van der Waals surface area (Å²) in [4.78, 5) is 23.4. The molecule has 0 spiro atoms. The lowest BCUT2D eigenvalue weighted by Crippen LogP contribution is -2.21. The van der Waals surface area contributed by atoms with Gasteiger partial charge in [0.15, 0.2) is 6.10 Å². The predicted octanol–water partition coefficient (Wildman–Crippen LogP) is 0.772. The van der Waals surface area contributed by atoms with E-state index >= 15 is 0 Å². The first-order chi connectivity index (χ1) is 9.54. The molecule has 1 atom stereocenters. The lowest BCUT2D eigenvalue weighted by Gasteiger charge is -2.11. The number of esters is 1. The summed E-state index contributed by atoms with van der Waals surface area (Å²) in [5, 5.41) is 9.90. The van der Waals surface area contributed by atoms with Gasteiger partial charge in [-0.15, -0.1) is 0 Å². The SMILES string of the molecule is CCOC(=O)C(O)c1cccc(-n2ccn(C)c2=O)c1. The molecule has 2 rings (SSSR count). The third-order valence-electron chi connectivity index (χ3n) is 2.92. The normalized spacial score (nSPS) is 12.2. The molecule has 1 aromatic carbocycles. The minimum absolute atomic E-state index is 0.201. The molecule has 0 saturated heterocycles. The van der Waals surface area contributed by atoms with Crippen molar-refractivity contribution in [1.82, 2.24) is 9.13 Å². The molecule has 0 saturated carbocycles. The summed E-state index contributed by atoms with van der Waals surface area (Å²) in [5.41, 5.74) is 0.765. The van der Waals surface area contributed by atoms with E-state index in [1.807, 2.05) is 0 Å². The maximum Gasteiger partial charge on any atom is 0.339 e. The molecule has 1 heterocycles. The fraction of sp³-hybridized carbons (Fsp3) is 0.286. The Balaban J connectivity index is 2.35. The predicted molar refractivity (Wildman–Crippen MR) is 72.6 cm³/mol. The second-order valence-corrected chi connectivity index (χ2v) is 4.31. The second kappa shape index (κ2) is 5.75. The molecule has 0 radical (unpaired) electrons. The Labute approximate surface area is 115 Å². The molecule has 0 fully saturated rings. The Hall–Kier alpha value is -2.34. The van der Waals surface area contributed by atoms with E-state index in [2.05, 4.69) is 0 Å². The molecule has 1 unspecified atom stereocenters. The van der Waals surface area contributed by atoms with Gasteiger partial charge in [-0.3, -0.25) is 4.57 Å². The van der Waals surface area contributed by atoms with Gasteiger partial charge in [-0.25, -0.2) is 9.59 Å². The van der Waals surface area contributed by atoms with Crippen LogP contribution in [0, 0.1) is 0 Å². The van der Waals surface area contributed by atoms with Crippen molar-refractivity contribution in [2.75, 3.05) is 6.61 Å². The van der Waals surface area contributed by atoms with Crippen LogP contribution in [0.4, 0.5) is 0 Å². The van der Waals surface area contributed by atoms with Crippen LogP contribution in [-0.4, -0.2) is 26.8 Å². The van der Waals surface area contributed by atoms with Crippen LogP contribution in [0.2, 0.25) is 0 Å². The van der Waals surface area contributed by atoms with E-state index in [1.54, 1.807) is 50.6 Å². The summed E-state index contributed by atoms with van der Waals surface area (Å²) in [6.45, 7) is 1.87. The second-order valence-electron chi connectivity index (χ2n) is 4.31. The Morgan fingerprint density at radius 3 is 2.75 bits per heavy atom. The Morgan fingerprint density at radius 1 is 1.40 bits per heavy atom. The van der Waals surface area contributed by atoms with Crippen molar-refractivity contribution in [3.8, 4) is 5.69 Å². The van der Waals surface area contributed by atoms with Crippen LogP contribution in [0.3, 0.4) is 0 Å². The Bertz CT molecular complexity index is 672. The molecular weight excluding hydrogens is 260 g/mol. The number of ether oxygens (including phenoxy) is 1. The molecule has 0 amide bonds. The van der Waals surface area contributed by atoms with Crippen LogP contribution in [0.15, 0.2) is 41.5 Å². The van der Waals surface area contributed by atoms with Gasteiger partial charge in [0.1, 0.15) is 0 Å². The number of hydrogen-bond donors (Lipinski definition) is 1. The molecule has 20 heavy (non-hydrogen) atoms. The minimum Gasteiger partial charge on any atom is -0.464 e. The van der Waals surface area contributed by atoms with Crippen molar-refractivity contribution in [3.05, 3.63) is 52.7 Å². The quantitative estimate of drug-likeness (QED) is 0.837. The van der Waals surface area contributed by atoms with E-state index in [9.17, 15) is 14.7 Å². The van der Waals surface area contributed by atoms with Gasteiger partial charge in [0, 0.05) is 19.4 Å². The first kappa shape index (κ1) is 14.1. The van der Waals surface area contributed by atoms with Gasteiger partial charge in [-0.1, -0.05) is 12.1 Å². The number of hydrogen-bond acceptors (Lipinski definition) is 4. The first-order valence-corrected chi connectivity index (χ1v) is 6.23. The smallest absolute Gasteiger partial charge is 0.339 e. The molecule has 0 aliphatic rings. The van der Waals surface area contributed by atoms with Crippen molar-refractivity contribution in [2.45, 2.75) is 13.0 Å². The van der Waals surface area contributed by atoms with Gasteiger partial charge in [-0.2, -0.15) is 0 Å². The lowest BCUT2D eigenvalue weighted by atomic mass is 10.1. The van der Waals surface area contributed by atoms with Crippen LogP contribution in [0.25, 0.3) is 5.69 Å². The molecule has 0 bridgehead atoms. The number of aliphatic hydroxyl groups is 1. The summed E-state index contributed by atoms with van der Waals surface area (Å²) in [7, 11) is 1.65. The summed E-state index contributed by atoms with van der Waals surface area (Å²) >= 11 is 0. The highest BCUT2D eigenvalue weighted by Gasteiger charge is 2.19. The molecule has 6 nitrogen and oxygen atoms in total. The average Bonchev–Trinajstić information content (AvgIpc) is 2.78. The number of nitrogens with zero attached hydrogens (tertiary/aromatic N) is 2. The number of carbonyl (C=O) groups excluding carboxylic acids is 1. The van der Waals surface area contributed by atoms with E-state index in [-0.39, 0.29) is 12.3 Å². The molecule has 1 N–H and O–H groups in total. The van der Waals surface area contributed by atoms with Crippen molar-refractivity contribution in [1.29, 1.82) is 0 Å². The summed E-state index contributed by atoms with van der Waals surface area (Å²) in [5.74, 6) is -0.704. The average molecular weight is 276 g/mol. The van der Waals surface area contributed by atoms with E-state index in [1.165, 1.54) is 9.13 Å². The van der Waals surface area contributed by atoms with Gasteiger partial charge in [-0.05, 0) is 24.6 Å². The summed E-state index contributed by atoms with van der Waals surface area (Å²) in [6.07, 6.45) is 1.91. The zero-order chi connectivity index (χ0) is 14.7.